The Labute approximate surface area is 47.6 Å². The average Bonchev–Trinajstić information content (AvgIpc) is 1.64. The molecule has 0 aliphatic carbocycles. The first-order valence-corrected chi connectivity index (χ1v) is 2.52. The zero-order chi connectivity index (χ0) is 6.04. The summed E-state index contributed by atoms with van der Waals surface area (Å²) in [4.78, 5) is 0. The molecule has 0 aromatic carbocycles. The van der Waals surface area contributed by atoms with E-state index in [0.717, 1.165) is 0 Å². The van der Waals surface area contributed by atoms with Gasteiger partial charge in [0.1, 0.15) is 0 Å². The van der Waals surface area contributed by atoms with E-state index in [0.29, 0.717) is 0 Å². The van der Waals surface area contributed by atoms with Gasteiger partial charge >= 0.3 is 0 Å². The van der Waals surface area contributed by atoms with E-state index < -0.39 is 5.67 Å². The number of methoxy groups -OCH3 is 1. The second kappa shape index (κ2) is 1.99. The average molecular weight is 120 g/mol. The molecule has 0 amide bonds. The minimum Gasteiger partial charge on any atom is -0.381 e. The Bertz CT molecular complexity index is 80.5. The SMILES string of the molecule is COCC1(F)COC1. The summed E-state index contributed by atoms with van der Waals surface area (Å²) in [7, 11) is 1.49. The van der Waals surface area contributed by atoms with Gasteiger partial charge in [-0.1, -0.05) is 0 Å². The van der Waals surface area contributed by atoms with Gasteiger partial charge in [0.25, 0.3) is 0 Å². The lowest BCUT2D eigenvalue weighted by atomic mass is 10.1. The van der Waals surface area contributed by atoms with Crippen LogP contribution in [0.5, 0.6) is 0 Å². The van der Waals surface area contributed by atoms with Crippen molar-refractivity contribution in [1.82, 2.24) is 0 Å². The molecule has 0 unspecified atom stereocenters. The third kappa shape index (κ3) is 0.980. The number of alkyl halides is 1. The van der Waals surface area contributed by atoms with Crippen LogP contribution in [-0.4, -0.2) is 32.6 Å². The lowest BCUT2D eigenvalue weighted by Gasteiger charge is -2.32. The summed E-state index contributed by atoms with van der Waals surface area (Å²) in [5, 5.41) is 0. The molecule has 1 rings (SSSR count). The highest BCUT2D eigenvalue weighted by Gasteiger charge is 2.38. The van der Waals surface area contributed by atoms with Crippen LogP contribution >= 0.6 is 0 Å². The molecule has 0 aromatic heterocycles. The fourth-order valence-electron chi connectivity index (χ4n) is 0.666. The first kappa shape index (κ1) is 5.98. The highest BCUT2D eigenvalue weighted by Crippen LogP contribution is 2.21. The summed E-state index contributed by atoms with van der Waals surface area (Å²) >= 11 is 0. The Hall–Kier alpha value is -0.150. The predicted molar refractivity (Wildman–Crippen MR) is 26.5 cm³/mol. The van der Waals surface area contributed by atoms with E-state index in [2.05, 4.69) is 9.47 Å². The molecule has 1 heterocycles. The zero-order valence-electron chi connectivity index (χ0n) is 4.82. The maximum Gasteiger partial charge on any atom is 0.180 e. The van der Waals surface area contributed by atoms with Gasteiger partial charge in [-0.2, -0.15) is 0 Å². The molecule has 0 saturated carbocycles. The van der Waals surface area contributed by atoms with Gasteiger partial charge in [-0.05, 0) is 0 Å². The predicted octanol–water partition coefficient (Wildman–Crippen LogP) is 0.371. The molecule has 0 atom stereocenters. The van der Waals surface area contributed by atoms with Crippen LogP contribution in [0.1, 0.15) is 0 Å². The van der Waals surface area contributed by atoms with E-state index in [-0.39, 0.29) is 19.8 Å². The van der Waals surface area contributed by atoms with Gasteiger partial charge in [0.05, 0.1) is 19.8 Å². The maximum atomic E-state index is 12.7. The van der Waals surface area contributed by atoms with E-state index in [1.54, 1.807) is 0 Å². The molecule has 3 heteroatoms. The van der Waals surface area contributed by atoms with Crippen molar-refractivity contribution in [1.29, 1.82) is 0 Å². The number of ether oxygens (including phenoxy) is 2. The van der Waals surface area contributed by atoms with Crippen molar-refractivity contribution in [3.63, 3.8) is 0 Å². The van der Waals surface area contributed by atoms with Crippen LogP contribution in [0.15, 0.2) is 0 Å². The minimum absolute atomic E-state index is 0.160. The second-order valence-corrected chi connectivity index (χ2v) is 2.08. The van der Waals surface area contributed by atoms with E-state index >= 15 is 0 Å². The largest absolute Gasteiger partial charge is 0.381 e. The van der Waals surface area contributed by atoms with E-state index in [1.807, 2.05) is 0 Å². The molecule has 1 fully saturated rings. The van der Waals surface area contributed by atoms with Crippen LogP contribution in [-0.2, 0) is 9.47 Å². The number of hydrogen-bond donors (Lipinski definition) is 0. The lowest BCUT2D eigenvalue weighted by Crippen LogP contribution is -2.48. The summed E-state index contributed by atoms with van der Waals surface area (Å²) in [5.41, 5.74) is -1.17. The smallest absolute Gasteiger partial charge is 0.180 e. The van der Waals surface area contributed by atoms with Crippen LogP contribution in [0.25, 0.3) is 0 Å². The summed E-state index contributed by atoms with van der Waals surface area (Å²) in [6.45, 7) is 0.550. The first-order chi connectivity index (χ1) is 3.77. The van der Waals surface area contributed by atoms with Gasteiger partial charge in [0.2, 0.25) is 0 Å². The fourth-order valence-corrected chi connectivity index (χ4v) is 0.666. The van der Waals surface area contributed by atoms with Gasteiger partial charge < -0.3 is 9.47 Å². The summed E-state index contributed by atoms with van der Waals surface area (Å²) < 4.78 is 21.9. The molecule has 2 nitrogen and oxygen atoms in total. The molecule has 0 N–H and O–H groups in total. The topological polar surface area (TPSA) is 18.5 Å². The third-order valence-corrected chi connectivity index (χ3v) is 1.12. The van der Waals surface area contributed by atoms with Crippen molar-refractivity contribution in [2.24, 2.45) is 0 Å². The zero-order valence-corrected chi connectivity index (χ0v) is 4.82. The Morgan fingerprint density at radius 2 is 2.38 bits per heavy atom. The summed E-state index contributed by atoms with van der Waals surface area (Å²) in [5.74, 6) is 0. The molecule has 0 spiro atoms. The number of hydrogen-bond acceptors (Lipinski definition) is 2. The van der Waals surface area contributed by atoms with Gasteiger partial charge in [-0.25, -0.2) is 4.39 Å². The van der Waals surface area contributed by atoms with Crippen molar-refractivity contribution in [3.8, 4) is 0 Å². The second-order valence-electron chi connectivity index (χ2n) is 2.08. The maximum absolute atomic E-state index is 12.7. The van der Waals surface area contributed by atoms with Crippen LogP contribution in [0, 0.1) is 0 Å². The highest BCUT2D eigenvalue weighted by molar-refractivity contribution is 4.85. The molecule has 1 aliphatic heterocycles. The summed E-state index contributed by atoms with van der Waals surface area (Å²) in [6.07, 6.45) is 0. The molecule has 0 bridgehead atoms. The van der Waals surface area contributed by atoms with E-state index in [1.165, 1.54) is 7.11 Å². The van der Waals surface area contributed by atoms with E-state index in [9.17, 15) is 4.39 Å². The van der Waals surface area contributed by atoms with Crippen LogP contribution < -0.4 is 0 Å². The Morgan fingerprint density at radius 3 is 2.50 bits per heavy atom. The molecule has 0 radical (unpaired) electrons. The van der Waals surface area contributed by atoms with Crippen molar-refractivity contribution < 1.29 is 13.9 Å². The van der Waals surface area contributed by atoms with Crippen LogP contribution in [0.4, 0.5) is 4.39 Å². The number of rotatable bonds is 2. The molecule has 8 heavy (non-hydrogen) atoms. The fraction of sp³-hybridized carbons (Fsp3) is 1.00. The van der Waals surface area contributed by atoms with Crippen molar-refractivity contribution >= 4 is 0 Å². The Morgan fingerprint density at radius 1 is 1.75 bits per heavy atom. The third-order valence-electron chi connectivity index (χ3n) is 1.12. The Balaban J connectivity index is 2.20. The molecule has 48 valence electrons. The Kier molecular flexibility index (Phi) is 1.49. The monoisotopic (exact) mass is 120 g/mol. The minimum atomic E-state index is -1.17. The molecular weight excluding hydrogens is 111 g/mol. The first-order valence-electron chi connectivity index (χ1n) is 2.52. The molecule has 1 aliphatic rings. The molecule has 0 aromatic rings. The normalized spacial score (nSPS) is 24.8. The van der Waals surface area contributed by atoms with Gasteiger partial charge in [-0.15, -0.1) is 0 Å². The van der Waals surface area contributed by atoms with Crippen LogP contribution in [0.2, 0.25) is 0 Å². The lowest BCUT2D eigenvalue weighted by molar-refractivity contribution is -0.155. The quantitative estimate of drug-likeness (QED) is 0.524. The number of halogens is 1. The standard InChI is InChI=1S/C5H9FO2/c1-7-2-5(6)3-8-4-5/h2-4H2,1H3. The highest BCUT2D eigenvalue weighted by atomic mass is 19.1. The van der Waals surface area contributed by atoms with Crippen molar-refractivity contribution in [2.75, 3.05) is 26.9 Å². The van der Waals surface area contributed by atoms with Gasteiger partial charge in [0, 0.05) is 7.11 Å². The molecule has 1 saturated heterocycles. The van der Waals surface area contributed by atoms with Gasteiger partial charge in [0.15, 0.2) is 5.67 Å². The van der Waals surface area contributed by atoms with Crippen molar-refractivity contribution in [3.05, 3.63) is 0 Å². The van der Waals surface area contributed by atoms with Crippen molar-refractivity contribution in [2.45, 2.75) is 5.67 Å². The summed E-state index contributed by atoms with van der Waals surface area (Å²) in [6, 6.07) is 0. The van der Waals surface area contributed by atoms with E-state index in [4.69, 9.17) is 0 Å². The molecular formula is C5H9FO2. The van der Waals surface area contributed by atoms with Gasteiger partial charge in [-0.3, -0.25) is 0 Å². The van der Waals surface area contributed by atoms with Crippen LogP contribution in [0.3, 0.4) is 0 Å².